The summed E-state index contributed by atoms with van der Waals surface area (Å²) < 4.78 is 20.6. The van der Waals surface area contributed by atoms with Crippen LogP contribution in [0.4, 0.5) is 4.39 Å². The number of ether oxygens (including phenoxy) is 1. The fourth-order valence-corrected chi connectivity index (χ4v) is 5.43. The number of aliphatic carboxylic acids is 1. The molecule has 0 radical (unpaired) electrons. The van der Waals surface area contributed by atoms with Gasteiger partial charge in [0.2, 0.25) is 0 Å². The van der Waals surface area contributed by atoms with E-state index in [9.17, 15) is 18.8 Å². The molecule has 39 heavy (non-hydrogen) atoms. The van der Waals surface area contributed by atoms with Gasteiger partial charge in [0.15, 0.2) is 17.7 Å². The number of carboxylic acids is 1. The van der Waals surface area contributed by atoms with E-state index in [0.29, 0.717) is 55.0 Å². The summed E-state index contributed by atoms with van der Waals surface area (Å²) in [5.41, 5.74) is 2.75. The zero-order valence-corrected chi connectivity index (χ0v) is 22.2. The number of nitrogens with two attached hydrogens (primary N) is 1. The number of esters is 1. The van der Waals surface area contributed by atoms with Gasteiger partial charge >= 0.3 is 11.9 Å². The van der Waals surface area contributed by atoms with Crippen LogP contribution in [-0.4, -0.2) is 51.1 Å². The molecule has 3 heterocycles. The molecule has 1 unspecified atom stereocenters. The number of aryl methyl sites for hydroxylation is 1. The van der Waals surface area contributed by atoms with Gasteiger partial charge in [-0.15, -0.1) is 0 Å². The lowest BCUT2D eigenvalue weighted by molar-refractivity contribution is -0.153. The number of nitrogens with zero attached hydrogens (tertiary/aromatic N) is 3. The molecular formula is C28H35FN4O6. The number of fused-ring (bicyclic) bond motifs is 1. The van der Waals surface area contributed by atoms with Crippen LogP contribution in [0.2, 0.25) is 0 Å². The first-order chi connectivity index (χ1) is 18.7. The van der Waals surface area contributed by atoms with Gasteiger partial charge in [0.1, 0.15) is 5.82 Å². The summed E-state index contributed by atoms with van der Waals surface area (Å²) in [4.78, 5) is 48.0. The molecule has 1 saturated heterocycles. The van der Waals surface area contributed by atoms with E-state index in [2.05, 4.69) is 16.5 Å². The molecule has 0 aliphatic carbocycles. The molecule has 4 rings (SSSR count). The first-order valence-electron chi connectivity index (χ1n) is 13.3. The zero-order chi connectivity index (χ0) is 28.1. The molecule has 2 aliphatic rings. The Balaban J connectivity index is 1.36. The van der Waals surface area contributed by atoms with Crippen molar-refractivity contribution in [3.63, 3.8) is 0 Å². The minimum atomic E-state index is -1.07. The van der Waals surface area contributed by atoms with E-state index < -0.39 is 23.9 Å². The summed E-state index contributed by atoms with van der Waals surface area (Å²) in [5.74, 6) is 4.16. The molecule has 2 aromatic rings. The van der Waals surface area contributed by atoms with Crippen LogP contribution in [0.1, 0.15) is 67.3 Å². The van der Waals surface area contributed by atoms with Gasteiger partial charge in [0.05, 0.1) is 12.8 Å². The van der Waals surface area contributed by atoms with Crippen molar-refractivity contribution in [3.05, 3.63) is 63.6 Å². The van der Waals surface area contributed by atoms with E-state index in [4.69, 9.17) is 20.6 Å². The van der Waals surface area contributed by atoms with Crippen molar-refractivity contribution >= 4 is 17.5 Å². The molecular weight excluding hydrogens is 507 g/mol. The highest BCUT2D eigenvalue weighted by molar-refractivity contribution is 5.76. The third-order valence-electron chi connectivity index (χ3n) is 7.63. The molecule has 3 N–H and O–H groups in total. The number of benzene rings is 1. The van der Waals surface area contributed by atoms with Gasteiger partial charge in [-0.3, -0.25) is 19.0 Å². The Morgan fingerprint density at radius 1 is 1.21 bits per heavy atom. The number of aromatic nitrogens is 2. The van der Waals surface area contributed by atoms with E-state index in [1.807, 2.05) is 0 Å². The van der Waals surface area contributed by atoms with Crippen LogP contribution in [0.25, 0.3) is 5.57 Å². The highest BCUT2D eigenvalue weighted by Crippen LogP contribution is 2.35. The normalized spacial score (nSPS) is 17.9. The van der Waals surface area contributed by atoms with Gasteiger partial charge in [0.25, 0.3) is 5.56 Å². The molecule has 1 atom stereocenters. The fraction of sp³-hybridized carbons (Fsp3) is 0.500. The number of rotatable bonds is 10. The number of likely N-dealkylation sites (tertiary alicyclic amines) is 1. The quantitative estimate of drug-likeness (QED) is 0.343. The standard InChI is InChI=1S/C28H35FN4O6/c1-17(21-6-5-20(29)16-24(21)39-30)19-9-13-32(14-10-19)15-11-22-18(2)31-27-23(4-3-12-33(27)28(22)37)38-26(36)8-7-25(34)35/h5-6,16,19,23H,1,3-4,7-15,30H2,2H3,(H,34,35). The Hall–Kier alpha value is -3.57. The minimum absolute atomic E-state index is 0.113. The van der Waals surface area contributed by atoms with Crippen molar-refractivity contribution < 1.29 is 28.7 Å². The Labute approximate surface area is 226 Å². The monoisotopic (exact) mass is 542 g/mol. The van der Waals surface area contributed by atoms with E-state index >= 15 is 0 Å². The topological polar surface area (TPSA) is 137 Å². The third kappa shape index (κ3) is 6.72. The third-order valence-corrected chi connectivity index (χ3v) is 7.63. The van der Waals surface area contributed by atoms with Gasteiger partial charge in [0, 0.05) is 36.0 Å². The summed E-state index contributed by atoms with van der Waals surface area (Å²) in [6, 6.07) is 4.28. The smallest absolute Gasteiger partial charge is 0.307 e. The number of carboxylic acid groups (broad SMARTS) is 1. The van der Waals surface area contributed by atoms with Gasteiger partial charge < -0.3 is 19.6 Å². The van der Waals surface area contributed by atoms with Gasteiger partial charge in [-0.2, -0.15) is 5.90 Å². The summed E-state index contributed by atoms with van der Waals surface area (Å²) >= 11 is 0. The number of allylic oxidation sites excluding steroid dienone is 1. The Kier molecular flexibility index (Phi) is 9.13. The SMILES string of the molecule is C=C(c1ccc(F)cc1ON)C1CCN(CCc2c(C)nc3n(c2=O)CCCC3OC(=O)CCC(=O)O)CC1. The molecule has 1 aromatic heterocycles. The first kappa shape index (κ1) is 28.4. The van der Waals surface area contributed by atoms with Gasteiger partial charge in [-0.25, -0.2) is 9.37 Å². The van der Waals surface area contributed by atoms with Crippen molar-refractivity contribution in [2.45, 2.75) is 64.5 Å². The predicted molar refractivity (Wildman–Crippen MR) is 141 cm³/mol. The van der Waals surface area contributed by atoms with Gasteiger partial charge in [-0.1, -0.05) is 6.58 Å². The molecule has 0 saturated carbocycles. The Morgan fingerprint density at radius 3 is 2.64 bits per heavy atom. The zero-order valence-electron chi connectivity index (χ0n) is 22.2. The summed E-state index contributed by atoms with van der Waals surface area (Å²) in [5, 5.41) is 8.79. The van der Waals surface area contributed by atoms with Gasteiger partial charge in [-0.05, 0) is 75.7 Å². The second-order valence-corrected chi connectivity index (χ2v) is 10.2. The molecule has 0 spiro atoms. The Morgan fingerprint density at radius 2 is 1.95 bits per heavy atom. The minimum Gasteiger partial charge on any atom is -0.481 e. The maximum absolute atomic E-state index is 13.5. The van der Waals surface area contributed by atoms with Crippen LogP contribution in [0.3, 0.4) is 0 Å². The lowest BCUT2D eigenvalue weighted by Crippen LogP contribution is -2.38. The molecule has 1 aromatic carbocycles. The van der Waals surface area contributed by atoms with E-state index in [-0.39, 0.29) is 30.1 Å². The van der Waals surface area contributed by atoms with Crippen LogP contribution in [0.15, 0.2) is 29.6 Å². The maximum Gasteiger partial charge on any atom is 0.307 e. The number of piperidine rings is 1. The largest absolute Gasteiger partial charge is 0.481 e. The van der Waals surface area contributed by atoms with Crippen molar-refractivity contribution in [2.24, 2.45) is 11.8 Å². The summed E-state index contributed by atoms with van der Waals surface area (Å²) in [6.07, 6.45) is 2.32. The molecule has 11 heteroatoms. The summed E-state index contributed by atoms with van der Waals surface area (Å²) in [6.45, 7) is 8.89. The van der Waals surface area contributed by atoms with E-state index in [0.717, 1.165) is 31.5 Å². The van der Waals surface area contributed by atoms with Crippen molar-refractivity contribution in [2.75, 3.05) is 19.6 Å². The van der Waals surface area contributed by atoms with Crippen molar-refractivity contribution in [1.82, 2.24) is 14.5 Å². The fourth-order valence-electron chi connectivity index (χ4n) is 5.43. The van der Waals surface area contributed by atoms with Crippen LogP contribution < -0.4 is 16.3 Å². The molecule has 10 nitrogen and oxygen atoms in total. The highest BCUT2D eigenvalue weighted by Gasteiger charge is 2.29. The maximum atomic E-state index is 13.5. The van der Waals surface area contributed by atoms with Crippen LogP contribution in [-0.2, 0) is 27.3 Å². The Bertz CT molecular complexity index is 1300. The molecule has 210 valence electrons. The lowest BCUT2D eigenvalue weighted by atomic mass is 9.85. The second-order valence-electron chi connectivity index (χ2n) is 10.2. The second kappa shape index (κ2) is 12.5. The van der Waals surface area contributed by atoms with E-state index in [1.54, 1.807) is 17.6 Å². The average molecular weight is 543 g/mol. The number of carbonyl (C=O) groups excluding carboxylic acids is 1. The highest BCUT2D eigenvalue weighted by atomic mass is 19.1. The number of hydrogen-bond donors (Lipinski definition) is 2. The van der Waals surface area contributed by atoms with Crippen LogP contribution >= 0.6 is 0 Å². The molecule has 0 bridgehead atoms. The average Bonchev–Trinajstić information content (AvgIpc) is 2.92. The predicted octanol–water partition coefficient (Wildman–Crippen LogP) is 3.15. The number of hydrogen-bond acceptors (Lipinski definition) is 8. The molecule has 0 amide bonds. The molecule has 1 fully saturated rings. The van der Waals surface area contributed by atoms with Crippen LogP contribution in [0.5, 0.6) is 5.75 Å². The number of halogens is 1. The molecule has 2 aliphatic heterocycles. The van der Waals surface area contributed by atoms with E-state index in [1.165, 1.54) is 12.1 Å². The number of carbonyl (C=O) groups is 2. The van der Waals surface area contributed by atoms with Crippen LogP contribution in [0, 0.1) is 18.7 Å². The lowest BCUT2D eigenvalue weighted by Gasteiger charge is -2.33. The van der Waals surface area contributed by atoms with Crippen molar-refractivity contribution in [3.8, 4) is 5.75 Å². The first-order valence-corrected chi connectivity index (χ1v) is 13.3. The summed E-state index contributed by atoms with van der Waals surface area (Å²) in [7, 11) is 0. The van der Waals surface area contributed by atoms with Crippen molar-refractivity contribution in [1.29, 1.82) is 0 Å².